The zero-order valence-electron chi connectivity index (χ0n) is 14.9. The van der Waals surface area contributed by atoms with Crippen LogP contribution >= 0.6 is 23.2 Å². The minimum absolute atomic E-state index is 0.312. The summed E-state index contributed by atoms with van der Waals surface area (Å²) >= 11 is 11.9. The summed E-state index contributed by atoms with van der Waals surface area (Å²) in [4.78, 5) is 22.7. The number of carboxylic acids is 1. The molecule has 2 aromatic carbocycles. The summed E-state index contributed by atoms with van der Waals surface area (Å²) in [5.74, 6) is -0.705. The molecule has 0 bridgehead atoms. The monoisotopic (exact) mass is 424 g/mol. The lowest BCUT2D eigenvalue weighted by molar-refractivity contribution is -0.139. The van der Waals surface area contributed by atoms with E-state index in [1.165, 1.54) is 12.3 Å². The standard InChI is InChI=1S/C19H18Cl2N2O5/c1-2-16(28-17-8-5-13(20)9-15(17)21)19(26)23-22-10-12-3-6-14(7-4-12)27-11-18(24)25/h3-10,16H,2,11H2,1H3,(H,23,26)(H,24,25)/b22-10-/t16-/m0/s1. The van der Waals surface area contributed by atoms with Crippen LogP contribution in [0.2, 0.25) is 10.0 Å². The molecule has 1 atom stereocenters. The number of carbonyl (C=O) groups excluding carboxylic acids is 1. The van der Waals surface area contributed by atoms with Gasteiger partial charge in [-0.2, -0.15) is 5.10 Å². The average Bonchev–Trinajstić information content (AvgIpc) is 2.66. The zero-order valence-corrected chi connectivity index (χ0v) is 16.4. The Morgan fingerprint density at radius 3 is 2.54 bits per heavy atom. The molecule has 0 radical (unpaired) electrons. The molecule has 0 saturated heterocycles. The van der Waals surface area contributed by atoms with Crippen molar-refractivity contribution in [2.24, 2.45) is 5.10 Å². The molecule has 0 heterocycles. The predicted molar refractivity (Wildman–Crippen MR) is 106 cm³/mol. The third-order valence-electron chi connectivity index (χ3n) is 3.46. The lowest BCUT2D eigenvalue weighted by Gasteiger charge is -2.16. The molecule has 0 fully saturated rings. The van der Waals surface area contributed by atoms with Gasteiger partial charge in [-0.05, 0) is 54.4 Å². The van der Waals surface area contributed by atoms with Gasteiger partial charge in [-0.15, -0.1) is 0 Å². The minimum atomic E-state index is -1.05. The largest absolute Gasteiger partial charge is 0.482 e. The fourth-order valence-corrected chi connectivity index (χ4v) is 2.54. The van der Waals surface area contributed by atoms with Crippen LogP contribution < -0.4 is 14.9 Å². The van der Waals surface area contributed by atoms with Crippen LogP contribution in [0.5, 0.6) is 11.5 Å². The Kier molecular flexibility index (Phi) is 8.10. The minimum Gasteiger partial charge on any atom is -0.482 e. The number of carbonyl (C=O) groups is 2. The summed E-state index contributed by atoms with van der Waals surface area (Å²) in [6.07, 6.45) is 1.08. The Morgan fingerprint density at radius 2 is 1.93 bits per heavy atom. The number of hydrogen-bond donors (Lipinski definition) is 2. The molecule has 2 aromatic rings. The molecule has 0 unspecified atom stereocenters. The van der Waals surface area contributed by atoms with Crippen molar-refractivity contribution in [2.45, 2.75) is 19.4 Å². The van der Waals surface area contributed by atoms with E-state index >= 15 is 0 Å². The average molecular weight is 425 g/mol. The van der Waals surface area contributed by atoms with Crippen molar-refractivity contribution >= 4 is 41.3 Å². The summed E-state index contributed by atoms with van der Waals surface area (Å²) in [6.45, 7) is 1.38. The molecule has 1 amide bonds. The normalized spacial score (nSPS) is 11.8. The van der Waals surface area contributed by atoms with Crippen LogP contribution in [0.25, 0.3) is 0 Å². The number of carboxylic acid groups (broad SMARTS) is 1. The van der Waals surface area contributed by atoms with Crippen LogP contribution in [0.1, 0.15) is 18.9 Å². The maximum atomic E-state index is 12.3. The first-order chi connectivity index (χ1) is 13.4. The molecule has 7 nitrogen and oxygen atoms in total. The molecule has 0 saturated carbocycles. The van der Waals surface area contributed by atoms with E-state index in [-0.39, 0.29) is 0 Å². The van der Waals surface area contributed by atoms with Gasteiger partial charge in [0.15, 0.2) is 12.7 Å². The van der Waals surface area contributed by atoms with Crippen molar-refractivity contribution < 1.29 is 24.2 Å². The summed E-state index contributed by atoms with van der Waals surface area (Å²) in [5.41, 5.74) is 3.11. The van der Waals surface area contributed by atoms with Crippen LogP contribution in [0.15, 0.2) is 47.6 Å². The fourth-order valence-electron chi connectivity index (χ4n) is 2.08. The molecule has 0 spiro atoms. The first-order valence-corrected chi connectivity index (χ1v) is 9.04. The topological polar surface area (TPSA) is 97.2 Å². The van der Waals surface area contributed by atoms with E-state index in [0.29, 0.717) is 33.5 Å². The number of rotatable bonds is 9. The van der Waals surface area contributed by atoms with Crippen LogP contribution in [0.3, 0.4) is 0 Å². The Morgan fingerprint density at radius 1 is 1.21 bits per heavy atom. The van der Waals surface area contributed by atoms with Gasteiger partial charge in [0.1, 0.15) is 11.5 Å². The fraction of sp³-hybridized carbons (Fsp3) is 0.211. The highest BCUT2D eigenvalue weighted by Gasteiger charge is 2.19. The molecular weight excluding hydrogens is 407 g/mol. The van der Waals surface area contributed by atoms with Crippen LogP contribution in [-0.2, 0) is 9.59 Å². The molecular formula is C19H18Cl2N2O5. The van der Waals surface area contributed by atoms with Gasteiger partial charge < -0.3 is 14.6 Å². The SMILES string of the molecule is CC[C@H](Oc1ccc(Cl)cc1Cl)C(=O)N/N=C\c1ccc(OCC(=O)O)cc1. The molecule has 0 aliphatic carbocycles. The lowest BCUT2D eigenvalue weighted by Crippen LogP contribution is -2.35. The third-order valence-corrected chi connectivity index (χ3v) is 3.99. The van der Waals surface area contributed by atoms with Crippen molar-refractivity contribution in [3.63, 3.8) is 0 Å². The maximum absolute atomic E-state index is 12.3. The van der Waals surface area contributed by atoms with E-state index in [1.54, 1.807) is 43.3 Å². The van der Waals surface area contributed by atoms with Gasteiger partial charge in [0.2, 0.25) is 0 Å². The van der Waals surface area contributed by atoms with Gasteiger partial charge in [0, 0.05) is 5.02 Å². The number of nitrogens with zero attached hydrogens (tertiary/aromatic N) is 1. The quantitative estimate of drug-likeness (QED) is 0.471. The van der Waals surface area contributed by atoms with Crippen molar-refractivity contribution in [3.05, 3.63) is 58.1 Å². The van der Waals surface area contributed by atoms with Gasteiger partial charge in [-0.1, -0.05) is 30.1 Å². The molecule has 2 rings (SSSR count). The van der Waals surface area contributed by atoms with Gasteiger partial charge in [0.05, 0.1) is 11.2 Å². The summed E-state index contributed by atoms with van der Waals surface area (Å²) < 4.78 is 10.7. The Balaban J connectivity index is 1.90. The first-order valence-electron chi connectivity index (χ1n) is 8.28. The second-order valence-corrected chi connectivity index (χ2v) is 6.42. The van der Waals surface area contributed by atoms with Gasteiger partial charge in [0.25, 0.3) is 5.91 Å². The summed E-state index contributed by atoms with van der Waals surface area (Å²) in [7, 11) is 0. The number of hydrogen-bond acceptors (Lipinski definition) is 5. The highest BCUT2D eigenvalue weighted by atomic mass is 35.5. The van der Waals surface area contributed by atoms with Gasteiger partial charge >= 0.3 is 5.97 Å². The molecule has 148 valence electrons. The zero-order chi connectivity index (χ0) is 20.5. The molecule has 2 N–H and O–H groups in total. The predicted octanol–water partition coefficient (Wildman–Crippen LogP) is 3.76. The Hall–Kier alpha value is -2.77. The van der Waals surface area contributed by atoms with E-state index in [2.05, 4.69) is 10.5 Å². The third kappa shape index (κ3) is 6.75. The van der Waals surface area contributed by atoms with Crippen LogP contribution in [0, 0.1) is 0 Å². The number of benzene rings is 2. The Bertz CT molecular complexity index is 856. The summed E-state index contributed by atoms with van der Waals surface area (Å²) in [5, 5.41) is 13.3. The summed E-state index contributed by atoms with van der Waals surface area (Å²) in [6, 6.07) is 11.3. The molecule has 0 aromatic heterocycles. The van der Waals surface area contributed by atoms with Gasteiger partial charge in [-0.25, -0.2) is 10.2 Å². The first kappa shape index (κ1) is 21.5. The number of hydrazone groups is 1. The number of ether oxygens (including phenoxy) is 2. The van der Waals surface area contributed by atoms with Crippen molar-refractivity contribution in [1.29, 1.82) is 0 Å². The number of halogens is 2. The van der Waals surface area contributed by atoms with Crippen molar-refractivity contribution in [2.75, 3.05) is 6.61 Å². The van der Waals surface area contributed by atoms with Crippen LogP contribution in [0.4, 0.5) is 0 Å². The van der Waals surface area contributed by atoms with Gasteiger partial charge in [-0.3, -0.25) is 4.79 Å². The van der Waals surface area contributed by atoms with E-state index < -0.39 is 24.6 Å². The highest BCUT2D eigenvalue weighted by molar-refractivity contribution is 6.35. The van der Waals surface area contributed by atoms with E-state index in [9.17, 15) is 9.59 Å². The van der Waals surface area contributed by atoms with Crippen molar-refractivity contribution in [1.82, 2.24) is 5.43 Å². The second-order valence-electron chi connectivity index (χ2n) is 5.58. The highest BCUT2D eigenvalue weighted by Crippen LogP contribution is 2.28. The maximum Gasteiger partial charge on any atom is 0.341 e. The number of nitrogens with one attached hydrogen (secondary N) is 1. The van der Waals surface area contributed by atoms with E-state index in [4.69, 9.17) is 37.8 Å². The molecule has 0 aliphatic rings. The van der Waals surface area contributed by atoms with Crippen LogP contribution in [-0.4, -0.2) is 35.9 Å². The van der Waals surface area contributed by atoms with E-state index in [0.717, 1.165) is 0 Å². The smallest absolute Gasteiger partial charge is 0.341 e. The number of amides is 1. The molecule has 0 aliphatic heterocycles. The lowest BCUT2D eigenvalue weighted by atomic mass is 10.2. The van der Waals surface area contributed by atoms with Crippen molar-refractivity contribution in [3.8, 4) is 11.5 Å². The second kappa shape index (κ2) is 10.5. The number of aliphatic carboxylic acids is 1. The van der Waals surface area contributed by atoms with E-state index in [1.807, 2.05) is 0 Å². The molecule has 9 heteroatoms. The Labute approximate surface area is 171 Å². The molecule has 28 heavy (non-hydrogen) atoms.